The summed E-state index contributed by atoms with van der Waals surface area (Å²) in [4.78, 5) is 17.6. The fourth-order valence-corrected chi connectivity index (χ4v) is 7.21. The molecule has 1 aromatic rings. The molecule has 0 aliphatic carbocycles. The first-order chi connectivity index (χ1) is 14.9. The lowest BCUT2D eigenvalue weighted by molar-refractivity contribution is -0.126. The Morgan fingerprint density at radius 3 is 2.35 bits per heavy atom. The Balaban J connectivity index is 1.33. The Kier molecular flexibility index (Phi) is 9.33. The summed E-state index contributed by atoms with van der Waals surface area (Å²) in [7, 11) is -3.38. The highest BCUT2D eigenvalue weighted by Gasteiger charge is 2.33. The maximum Gasteiger partial charge on any atom is 0.252 e. The number of sulfonamides is 1. The maximum atomic E-state index is 12.7. The second-order valence-electron chi connectivity index (χ2n) is 8.79. The van der Waals surface area contributed by atoms with Gasteiger partial charge in [0.2, 0.25) is 5.91 Å². The summed E-state index contributed by atoms with van der Waals surface area (Å²) in [6.45, 7) is 12.7. The largest absolute Gasteiger partial charge is 0.356 e. The fraction of sp³-hybridized carbons (Fsp3) is 0.773. The fourth-order valence-electron chi connectivity index (χ4n) is 4.60. The molecule has 1 aromatic heterocycles. The molecule has 3 rings (SSSR count). The minimum atomic E-state index is -3.38. The van der Waals surface area contributed by atoms with Gasteiger partial charge in [-0.2, -0.15) is 4.31 Å². The summed E-state index contributed by atoms with van der Waals surface area (Å²) in [6.07, 6.45) is 3.67. The number of piperidine rings is 1. The van der Waals surface area contributed by atoms with E-state index in [9.17, 15) is 13.2 Å². The standard InChI is InChI=1S/C22H38N4O3S2/c1-3-10-24-14-16-25(17-15-24)11-5-9-23-22(27)19(2)20-7-12-26(13-8-20)31(28,29)21-6-4-18-30-21/h4,6,18-20H,3,5,7-17H2,1-2H3,(H,23,27)/t19-/m1/s1. The predicted molar refractivity (Wildman–Crippen MR) is 126 cm³/mol. The Labute approximate surface area is 191 Å². The molecule has 7 nitrogen and oxygen atoms in total. The molecule has 2 aliphatic heterocycles. The van der Waals surface area contributed by atoms with E-state index in [0.717, 1.165) is 52.0 Å². The first-order valence-corrected chi connectivity index (χ1v) is 14.0. The average Bonchev–Trinajstić information content (AvgIpc) is 3.33. The lowest BCUT2D eigenvalue weighted by Crippen LogP contribution is -2.47. The van der Waals surface area contributed by atoms with Crippen LogP contribution in [-0.2, 0) is 14.8 Å². The van der Waals surface area contributed by atoms with Crippen molar-refractivity contribution in [1.29, 1.82) is 0 Å². The number of amides is 1. The summed E-state index contributed by atoms with van der Waals surface area (Å²) in [5.74, 6) is 0.262. The summed E-state index contributed by atoms with van der Waals surface area (Å²) in [6, 6.07) is 3.43. The van der Waals surface area contributed by atoms with Gasteiger partial charge in [0.15, 0.2) is 0 Å². The molecule has 1 amide bonds. The van der Waals surface area contributed by atoms with Crippen molar-refractivity contribution in [3.05, 3.63) is 17.5 Å². The number of thiophene rings is 1. The molecule has 0 saturated carbocycles. The van der Waals surface area contributed by atoms with Crippen LogP contribution in [0.15, 0.2) is 21.7 Å². The van der Waals surface area contributed by atoms with E-state index in [0.29, 0.717) is 23.8 Å². The molecule has 1 N–H and O–H groups in total. The molecule has 0 spiro atoms. The van der Waals surface area contributed by atoms with E-state index in [1.807, 2.05) is 6.92 Å². The molecule has 2 aliphatic rings. The van der Waals surface area contributed by atoms with E-state index in [1.165, 1.54) is 24.3 Å². The predicted octanol–water partition coefficient (Wildman–Crippen LogP) is 2.32. The van der Waals surface area contributed by atoms with Crippen LogP contribution < -0.4 is 5.32 Å². The highest BCUT2D eigenvalue weighted by Crippen LogP contribution is 2.29. The lowest BCUT2D eigenvalue weighted by Gasteiger charge is -2.34. The minimum Gasteiger partial charge on any atom is -0.356 e. The molecule has 0 bridgehead atoms. The van der Waals surface area contributed by atoms with Crippen LogP contribution in [0.3, 0.4) is 0 Å². The first-order valence-electron chi connectivity index (χ1n) is 11.7. The van der Waals surface area contributed by atoms with E-state index in [2.05, 4.69) is 22.0 Å². The molecular formula is C22H38N4O3S2. The van der Waals surface area contributed by atoms with Crippen molar-refractivity contribution < 1.29 is 13.2 Å². The van der Waals surface area contributed by atoms with Gasteiger partial charge < -0.3 is 15.1 Å². The van der Waals surface area contributed by atoms with Gasteiger partial charge in [-0.1, -0.05) is 19.9 Å². The van der Waals surface area contributed by atoms with Crippen LogP contribution in [0.5, 0.6) is 0 Å². The minimum absolute atomic E-state index is 0.0795. The SMILES string of the molecule is CCCN1CCN(CCCNC(=O)[C@H](C)C2CCN(S(=O)(=O)c3cccs3)CC2)CC1. The third-order valence-electron chi connectivity index (χ3n) is 6.66. The molecule has 0 aromatic carbocycles. The Bertz CT molecular complexity index is 769. The number of hydrogen-bond acceptors (Lipinski definition) is 6. The molecule has 176 valence electrons. The van der Waals surface area contributed by atoms with Crippen LogP contribution in [0, 0.1) is 11.8 Å². The molecule has 0 radical (unpaired) electrons. The normalized spacial score (nSPS) is 21.2. The summed E-state index contributed by atoms with van der Waals surface area (Å²) < 4.78 is 27.3. The van der Waals surface area contributed by atoms with Crippen molar-refractivity contribution in [2.75, 3.05) is 58.9 Å². The third kappa shape index (κ3) is 6.74. The lowest BCUT2D eigenvalue weighted by atomic mass is 9.85. The van der Waals surface area contributed by atoms with Gasteiger partial charge in [-0.3, -0.25) is 4.79 Å². The first kappa shape index (κ1) is 24.6. The average molecular weight is 471 g/mol. The highest BCUT2D eigenvalue weighted by atomic mass is 32.2. The number of nitrogens with zero attached hydrogens (tertiary/aromatic N) is 3. The van der Waals surface area contributed by atoms with Gasteiger partial charge in [0.1, 0.15) is 4.21 Å². The number of carbonyl (C=O) groups is 1. The molecule has 0 unspecified atom stereocenters. The quantitative estimate of drug-likeness (QED) is 0.532. The van der Waals surface area contributed by atoms with Crippen molar-refractivity contribution in [2.45, 2.75) is 43.7 Å². The Morgan fingerprint density at radius 2 is 1.77 bits per heavy atom. The van der Waals surface area contributed by atoms with Gasteiger partial charge in [-0.05, 0) is 56.1 Å². The van der Waals surface area contributed by atoms with Crippen LogP contribution >= 0.6 is 11.3 Å². The monoisotopic (exact) mass is 470 g/mol. The van der Waals surface area contributed by atoms with Crippen molar-refractivity contribution in [3.8, 4) is 0 Å². The number of rotatable bonds is 10. The smallest absolute Gasteiger partial charge is 0.252 e. The molecule has 1 atom stereocenters. The zero-order chi connectivity index (χ0) is 22.3. The number of carbonyl (C=O) groups excluding carboxylic acids is 1. The second kappa shape index (κ2) is 11.7. The van der Waals surface area contributed by atoms with E-state index < -0.39 is 10.0 Å². The molecule has 31 heavy (non-hydrogen) atoms. The maximum absolute atomic E-state index is 12.7. The van der Waals surface area contributed by atoms with E-state index in [4.69, 9.17) is 0 Å². The van der Waals surface area contributed by atoms with Crippen LogP contribution in [0.2, 0.25) is 0 Å². The van der Waals surface area contributed by atoms with Crippen molar-refractivity contribution in [1.82, 2.24) is 19.4 Å². The third-order valence-corrected chi connectivity index (χ3v) is 9.94. The Morgan fingerprint density at radius 1 is 1.13 bits per heavy atom. The van der Waals surface area contributed by atoms with Gasteiger partial charge in [0.05, 0.1) is 0 Å². The van der Waals surface area contributed by atoms with Crippen molar-refractivity contribution in [2.24, 2.45) is 11.8 Å². The van der Waals surface area contributed by atoms with Gasteiger partial charge in [-0.25, -0.2) is 8.42 Å². The second-order valence-corrected chi connectivity index (χ2v) is 11.9. The Hall–Kier alpha value is -1.00. The van der Waals surface area contributed by atoms with E-state index >= 15 is 0 Å². The number of piperazine rings is 1. The van der Waals surface area contributed by atoms with Crippen LogP contribution in [0.4, 0.5) is 0 Å². The van der Waals surface area contributed by atoms with Crippen LogP contribution in [0.1, 0.15) is 39.5 Å². The molecule has 2 fully saturated rings. The van der Waals surface area contributed by atoms with Gasteiger partial charge in [-0.15, -0.1) is 11.3 Å². The number of nitrogens with one attached hydrogen (secondary N) is 1. The van der Waals surface area contributed by atoms with Gasteiger partial charge in [0.25, 0.3) is 10.0 Å². The highest BCUT2D eigenvalue weighted by molar-refractivity contribution is 7.91. The molecule has 2 saturated heterocycles. The summed E-state index contributed by atoms with van der Waals surface area (Å²) in [5, 5.41) is 4.90. The molecule has 3 heterocycles. The molecular weight excluding hydrogens is 432 g/mol. The van der Waals surface area contributed by atoms with Gasteiger partial charge >= 0.3 is 0 Å². The van der Waals surface area contributed by atoms with Crippen molar-refractivity contribution >= 4 is 27.3 Å². The topological polar surface area (TPSA) is 73.0 Å². The molecule has 9 heteroatoms. The number of hydrogen-bond donors (Lipinski definition) is 1. The van der Waals surface area contributed by atoms with Crippen molar-refractivity contribution in [3.63, 3.8) is 0 Å². The van der Waals surface area contributed by atoms with E-state index in [-0.39, 0.29) is 17.7 Å². The summed E-state index contributed by atoms with van der Waals surface area (Å²) >= 11 is 1.26. The summed E-state index contributed by atoms with van der Waals surface area (Å²) in [5.41, 5.74) is 0. The van der Waals surface area contributed by atoms with E-state index in [1.54, 1.807) is 21.8 Å². The zero-order valence-electron chi connectivity index (χ0n) is 19.0. The van der Waals surface area contributed by atoms with Crippen LogP contribution in [-0.4, -0.2) is 87.3 Å². The zero-order valence-corrected chi connectivity index (χ0v) is 20.6. The van der Waals surface area contributed by atoms with Crippen LogP contribution in [0.25, 0.3) is 0 Å². The van der Waals surface area contributed by atoms with Gasteiger partial charge in [0, 0.05) is 51.7 Å².